The minimum absolute atomic E-state index is 0.189. The van der Waals surface area contributed by atoms with Gasteiger partial charge in [-0.3, -0.25) is 20.0 Å². The monoisotopic (exact) mass is 263 g/mol. The molecule has 0 bridgehead atoms. The van der Waals surface area contributed by atoms with Gasteiger partial charge in [-0.15, -0.1) is 0 Å². The number of hydrogen-bond donors (Lipinski definition) is 3. The Hall–Kier alpha value is -2.38. The van der Waals surface area contributed by atoms with Crippen LogP contribution in [0.4, 0.5) is 4.79 Å². The zero-order valence-corrected chi connectivity index (χ0v) is 10.1. The Labute approximate surface area is 108 Å². The fourth-order valence-electron chi connectivity index (χ4n) is 2.59. The molecule has 3 N–H and O–H groups in total. The van der Waals surface area contributed by atoms with Crippen LogP contribution >= 0.6 is 0 Å². The molecule has 2 fully saturated rings. The molecule has 2 saturated heterocycles. The van der Waals surface area contributed by atoms with E-state index in [9.17, 15) is 14.4 Å². The van der Waals surface area contributed by atoms with Gasteiger partial charge >= 0.3 is 6.03 Å². The van der Waals surface area contributed by atoms with Gasteiger partial charge in [0.05, 0.1) is 18.3 Å². The molecule has 1 aromatic heterocycles. The van der Waals surface area contributed by atoms with Gasteiger partial charge in [-0.2, -0.15) is 5.10 Å². The maximum Gasteiger partial charge on any atom is 0.322 e. The van der Waals surface area contributed by atoms with Crippen molar-refractivity contribution in [2.75, 3.05) is 13.1 Å². The van der Waals surface area contributed by atoms with Crippen LogP contribution in [0.5, 0.6) is 0 Å². The number of piperidine rings is 1. The van der Waals surface area contributed by atoms with Gasteiger partial charge in [0, 0.05) is 12.7 Å². The number of H-pyrrole nitrogens is 1. The molecule has 0 saturated carbocycles. The second kappa shape index (κ2) is 4.08. The van der Waals surface area contributed by atoms with E-state index < -0.39 is 11.6 Å². The number of amides is 4. The van der Waals surface area contributed by atoms with E-state index in [0.29, 0.717) is 24.9 Å². The molecule has 0 aliphatic carbocycles. The second-order valence-corrected chi connectivity index (χ2v) is 4.81. The smallest absolute Gasteiger partial charge is 0.322 e. The highest BCUT2D eigenvalue weighted by molar-refractivity contribution is 6.07. The molecule has 0 radical (unpaired) electrons. The first kappa shape index (κ1) is 11.7. The summed E-state index contributed by atoms with van der Waals surface area (Å²) < 4.78 is 0. The molecule has 1 atom stereocenters. The number of imide groups is 1. The van der Waals surface area contributed by atoms with Crippen molar-refractivity contribution in [3.05, 3.63) is 18.0 Å². The first-order valence-electron chi connectivity index (χ1n) is 6.02. The Bertz CT molecular complexity index is 541. The van der Waals surface area contributed by atoms with Gasteiger partial charge in [-0.05, 0) is 12.8 Å². The Balaban J connectivity index is 1.80. The van der Waals surface area contributed by atoms with E-state index >= 15 is 0 Å². The third-order valence-electron chi connectivity index (χ3n) is 3.54. The molecule has 8 heteroatoms. The molecule has 2 aliphatic rings. The van der Waals surface area contributed by atoms with Crippen LogP contribution in [0.15, 0.2) is 12.4 Å². The van der Waals surface area contributed by atoms with Crippen molar-refractivity contribution in [1.82, 2.24) is 25.7 Å². The number of carbonyl (C=O) groups is 3. The largest absolute Gasteiger partial charge is 0.336 e. The lowest BCUT2D eigenvalue weighted by Crippen LogP contribution is -2.59. The fraction of sp³-hybridized carbons (Fsp3) is 0.455. The number of carbonyl (C=O) groups excluding carboxylic acids is 3. The predicted molar refractivity (Wildman–Crippen MR) is 63.1 cm³/mol. The van der Waals surface area contributed by atoms with Crippen molar-refractivity contribution in [1.29, 1.82) is 0 Å². The number of nitrogens with zero attached hydrogens (tertiary/aromatic N) is 2. The highest BCUT2D eigenvalue weighted by atomic mass is 16.2. The molecule has 1 aromatic rings. The van der Waals surface area contributed by atoms with Gasteiger partial charge in [0.1, 0.15) is 5.54 Å². The average molecular weight is 263 g/mol. The molecule has 2 aliphatic heterocycles. The maximum absolute atomic E-state index is 12.2. The molecule has 100 valence electrons. The zero-order chi connectivity index (χ0) is 13.5. The summed E-state index contributed by atoms with van der Waals surface area (Å²) in [6.45, 7) is 0.753. The zero-order valence-electron chi connectivity index (χ0n) is 10.1. The molecule has 19 heavy (non-hydrogen) atoms. The number of hydrogen-bond acceptors (Lipinski definition) is 4. The Morgan fingerprint density at radius 1 is 1.42 bits per heavy atom. The molecular formula is C11H13N5O3. The van der Waals surface area contributed by atoms with Crippen molar-refractivity contribution >= 4 is 17.8 Å². The molecule has 0 aromatic carbocycles. The van der Waals surface area contributed by atoms with Crippen molar-refractivity contribution in [3.8, 4) is 0 Å². The molecule has 3 rings (SSSR count). The normalized spacial score (nSPS) is 26.4. The van der Waals surface area contributed by atoms with Gasteiger partial charge in [-0.1, -0.05) is 0 Å². The summed E-state index contributed by atoms with van der Waals surface area (Å²) in [7, 11) is 0. The van der Waals surface area contributed by atoms with Crippen molar-refractivity contribution < 1.29 is 14.4 Å². The third kappa shape index (κ3) is 1.85. The Morgan fingerprint density at radius 3 is 2.89 bits per heavy atom. The summed E-state index contributed by atoms with van der Waals surface area (Å²) in [6, 6.07) is -0.498. The van der Waals surface area contributed by atoms with Gasteiger partial charge < -0.3 is 10.2 Å². The average Bonchev–Trinajstić information content (AvgIpc) is 2.99. The van der Waals surface area contributed by atoms with E-state index in [1.54, 1.807) is 4.90 Å². The van der Waals surface area contributed by atoms with Crippen LogP contribution in [0.1, 0.15) is 23.2 Å². The van der Waals surface area contributed by atoms with Crippen LogP contribution < -0.4 is 10.6 Å². The first-order chi connectivity index (χ1) is 9.11. The lowest BCUT2D eigenvalue weighted by Gasteiger charge is -2.37. The van der Waals surface area contributed by atoms with Crippen molar-refractivity contribution in [2.24, 2.45) is 0 Å². The standard InChI is InChI=1S/C11H13N5O3/c17-8(7-4-12-13-5-7)16-3-1-2-11(6-16)9(18)14-10(19)15-11/h4-5H,1-3,6H2,(H,12,13)(H2,14,15,18,19). The molecule has 4 amide bonds. The number of rotatable bonds is 1. The minimum atomic E-state index is -0.977. The number of likely N-dealkylation sites (tertiary alicyclic amines) is 1. The third-order valence-corrected chi connectivity index (χ3v) is 3.54. The van der Waals surface area contributed by atoms with E-state index in [1.807, 2.05) is 0 Å². The van der Waals surface area contributed by atoms with Crippen LogP contribution in [0.2, 0.25) is 0 Å². The lowest BCUT2D eigenvalue weighted by atomic mass is 9.89. The highest BCUT2D eigenvalue weighted by Gasteiger charge is 2.49. The molecular weight excluding hydrogens is 250 g/mol. The van der Waals surface area contributed by atoms with Crippen molar-refractivity contribution in [3.63, 3.8) is 0 Å². The quantitative estimate of drug-likeness (QED) is 0.578. The topological polar surface area (TPSA) is 107 Å². The van der Waals surface area contributed by atoms with Crippen molar-refractivity contribution in [2.45, 2.75) is 18.4 Å². The van der Waals surface area contributed by atoms with Gasteiger partial charge in [0.25, 0.3) is 11.8 Å². The summed E-state index contributed by atoms with van der Waals surface area (Å²) in [5.74, 6) is -0.552. The maximum atomic E-state index is 12.2. The summed E-state index contributed by atoms with van der Waals surface area (Å²) in [4.78, 5) is 36.9. The molecule has 1 spiro atoms. The van der Waals surface area contributed by atoms with Crippen LogP contribution in [-0.2, 0) is 4.79 Å². The van der Waals surface area contributed by atoms with E-state index in [4.69, 9.17) is 0 Å². The SMILES string of the molecule is O=C1NC(=O)C2(CCCN(C(=O)c3cn[nH]c3)C2)N1. The van der Waals surface area contributed by atoms with Crippen LogP contribution in [0, 0.1) is 0 Å². The minimum Gasteiger partial charge on any atom is -0.336 e. The lowest BCUT2D eigenvalue weighted by molar-refractivity contribution is -0.125. The van der Waals surface area contributed by atoms with E-state index in [2.05, 4.69) is 20.8 Å². The van der Waals surface area contributed by atoms with Crippen LogP contribution in [0.25, 0.3) is 0 Å². The molecule has 8 nitrogen and oxygen atoms in total. The first-order valence-corrected chi connectivity index (χ1v) is 6.02. The number of aromatic amines is 1. The highest BCUT2D eigenvalue weighted by Crippen LogP contribution is 2.25. The fourth-order valence-corrected chi connectivity index (χ4v) is 2.59. The summed E-state index contributed by atoms with van der Waals surface area (Å²) >= 11 is 0. The van der Waals surface area contributed by atoms with Crippen LogP contribution in [-0.4, -0.2) is 51.6 Å². The summed E-state index contributed by atoms with van der Waals surface area (Å²) in [6.07, 6.45) is 4.16. The number of aromatic nitrogens is 2. The van der Waals surface area contributed by atoms with Crippen LogP contribution in [0.3, 0.4) is 0 Å². The van der Waals surface area contributed by atoms with E-state index in [0.717, 1.165) is 0 Å². The predicted octanol–water partition coefficient (Wildman–Crippen LogP) is -0.776. The van der Waals surface area contributed by atoms with Gasteiger partial charge in [0.15, 0.2) is 0 Å². The van der Waals surface area contributed by atoms with Gasteiger partial charge in [-0.25, -0.2) is 4.79 Å². The number of urea groups is 1. The van der Waals surface area contributed by atoms with E-state index in [1.165, 1.54) is 12.4 Å². The summed E-state index contributed by atoms with van der Waals surface area (Å²) in [5, 5.41) is 11.2. The Morgan fingerprint density at radius 2 is 2.26 bits per heavy atom. The molecule has 3 heterocycles. The van der Waals surface area contributed by atoms with Gasteiger partial charge in [0.2, 0.25) is 0 Å². The van der Waals surface area contributed by atoms with E-state index in [-0.39, 0.29) is 18.4 Å². The number of nitrogens with one attached hydrogen (secondary N) is 3. The summed E-state index contributed by atoms with van der Waals surface area (Å²) in [5.41, 5.74) is -0.531. The molecule has 1 unspecified atom stereocenters. The second-order valence-electron chi connectivity index (χ2n) is 4.81. The Kier molecular flexibility index (Phi) is 2.51.